The van der Waals surface area contributed by atoms with Crippen molar-refractivity contribution in [1.29, 1.82) is 0 Å². The number of hydrogen-bond acceptors (Lipinski definition) is 2. The van der Waals surface area contributed by atoms with Gasteiger partial charge in [0.15, 0.2) is 0 Å². The van der Waals surface area contributed by atoms with Crippen molar-refractivity contribution in [3.05, 3.63) is 0 Å². The maximum absolute atomic E-state index is 2.70. The number of rotatable bonds is 6. The van der Waals surface area contributed by atoms with Crippen LogP contribution in [0, 0.1) is 17.3 Å². The summed E-state index contributed by atoms with van der Waals surface area (Å²) in [4.78, 5) is 5.39. The van der Waals surface area contributed by atoms with E-state index in [2.05, 4.69) is 37.5 Å². The monoisotopic (exact) mass is 266 g/mol. The Morgan fingerprint density at radius 1 is 1.00 bits per heavy atom. The number of hydrogen-bond donors (Lipinski definition) is 0. The lowest BCUT2D eigenvalue weighted by Crippen LogP contribution is -2.60. The number of piperidine rings is 1. The molecule has 2 aliphatic rings. The van der Waals surface area contributed by atoms with Gasteiger partial charge in [0, 0.05) is 19.6 Å². The minimum absolute atomic E-state index is 0.711. The zero-order chi connectivity index (χ0) is 13.9. The van der Waals surface area contributed by atoms with E-state index in [1.54, 1.807) is 0 Å². The van der Waals surface area contributed by atoms with Crippen molar-refractivity contribution in [3.63, 3.8) is 0 Å². The molecular formula is C17H34N2. The highest BCUT2D eigenvalue weighted by molar-refractivity contribution is 4.98. The summed E-state index contributed by atoms with van der Waals surface area (Å²) in [5, 5.41) is 0. The van der Waals surface area contributed by atoms with Gasteiger partial charge in [-0.1, -0.05) is 34.1 Å². The zero-order valence-electron chi connectivity index (χ0n) is 13.6. The molecule has 1 atom stereocenters. The maximum Gasteiger partial charge on any atom is 0.00514 e. The second kappa shape index (κ2) is 6.58. The standard InChI is InChI=1S/C17H34N2/c1-5-16(4)12-18-10-7-17(8-11-18)13-19(14-17)9-6-15(2)3/h15-16H,5-14H2,1-4H3. The van der Waals surface area contributed by atoms with Crippen molar-refractivity contribution in [3.8, 4) is 0 Å². The Bertz CT molecular complexity index is 258. The topological polar surface area (TPSA) is 6.48 Å². The molecule has 19 heavy (non-hydrogen) atoms. The maximum atomic E-state index is 2.70. The molecule has 0 radical (unpaired) electrons. The van der Waals surface area contributed by atoms with Gasteiger partial charge >= 0.3 is 0 Å². The van der Waals surface area contributed by atoms with Crippen LogP contribution >= 0.6 is 0 Å². The van der Waals surface area contributed by atoms with Crippen molar-refractivity contribution in [2.45, 2.75) is 53.4 Å². The molecule has 2 aliphatic heterocycles. The number of nitrogens with zero attached hydrogens (tertiary/aromatic N) is 2. The second-order valence-electron chi connectivity index (χ2n) is 7.71. The molecule has 1 unspecified atom stereocenters. The van der Waals surface area contributed by atoms with Gasteiger partial charge in [0.2, 0.25) is 0 Å². The molecule has 112 valence electrons. The lowest BCUT2D eigenvalue weighted by atomic mass is 9.71. The molecule has 1 spiro atoms. The van der Waals surface area contributed by atoms with Crippen LogP contribution < -0.4 is 0 Å². The molecule has 0 saturated carbocycles. The van der Waals surface area contributed by atoms with Crippen LogP contribution in [0.2, 0.25) is 0 Å². The van der Waals surface area contributed by atoms with Crippen LogP contribution in [-0.2, 0) is 0 Å². The van der Waals surface area contributed by atoms with E-state index in [0.29, 0.717) is 5.41 Å². The predicted molar refractivity (Wildman–Crippen MR) is 83.5 cm³/mol. The van der Waals surface area contributed by atoms with Gasteiger partial charge in [0.25, 0.3) is 0 Å². The van der Waals surface area contributed by atoms with Crippen LogP contribution in [0.15, 0.2) is 0 Å². The summed E-state index contributed by atoms with van der Waals surface area (Å²) in [6, 6.07) is 0. The third-order valence-corrected chi connectivity index (χ3v) is 5.32. The molecule has 0 aromatic heterocycles. The number of likely N-dealkylation sites (tertiary alicyclic amines) is 2. The molecular weight excluding hydrogens is 232 g/mol. The first-order valence-electron chi connectivity index (χ1n) is 8.48. The van der Waals surface area contributed by atoms with E-state index in [4.69, 9.17) is 0 Å². The summed E-state index contributed by atoms with van der Waals surface area (Å²) < 4.78 is 0. The summed E-state index contributed by atoms with van der Waals surface area (Å²) in [6.07, 6.45) is 5.59. The average molecular weight is 266 g/mol. The smallest absolute Gasteiger partial charge is 0.00514 e. The van der Waals surface area contributed by atoms with Crippen LogP contribution in [0.3, 0.4) is 0 Å². The fraction of sp³-hybridized carbons (Fsp3) is 1.00. The third-order valence-electron chi connectivity index (χ3n) is 5.32. The van der Waals surface area contributed by atoms with Crippen molar-refractivity contribution in [2.24, 2.45) is 17.3 Å². The normalized spacial score (nSPS) is 25.7. The van der Waals surface area contributed by atoms with Crippen molar-refractivity contribution < 1.29 is 0 Å². The summed E-state index contributed by atoms with van der Waals surface area (Å²) in [5.41, 5.74) is 0.711. The first-order chi connectivity index (χ1) is 9.03. The van der Waals surface area contributed by atoms with E-state index < -0.39 is 0 Å². The minimum Gasteiger partial charge on any atom is -0.303 e. The molecule has 0 N–H and O–H groups in total. The molecule has 0 bridgehead atoms. The molecule has 2 heteroatoms. The summed E-state index contributed by atoms with van der Waals surface area (Å²) in [7, 11) is 0. The molecule has 2 fully saturated rings. The van der Waals surface area contributed by atoms with Gasteiger partial charge in [-0.3, -0.25) is 0 Å². The highest BCUT2D eigenvalue weighted by Gasteiger charge is 2.44. The van der Waals surface area contributed by atoms with Gasteiger partial charge in [-0.05, 0) is 56.1 Å². The molecule has 0 aromatic rings. The molecule has 2 rings (SSSR count). The van der Waals surface area contributed by atoms with Gasteiger partial charge in [0.1, 0.15) is 0 Å². The van der Waals surface area contributed by atoms with Crippen LogP contribution in [0.25, 0.3) is 0 Å². The summed E-state index contributed by atoms with van der Waals surface area (Å²) in [5.74, 6) is 1.73. The van der Waals surface area contributed by atoms with Gasteiger partial charge in [-0.2, -0.15) is 0 Å². The van der Waals surface area contributed by atoms with Crippen molar-refractivity contribution >= 4 is 0 Å². The Hall–Kier alpha value is -0.0800. The average Bonchev–Trinajstić information content (AvgIpc) is 2.35. The van der Waals surface area contributed by atoms with Crippen LogP contribution in [0.5, 0.6) is 0 Å². The first kappa shape index (κ1) is 15.3. The summed E-state index contributed by atoms with van der Waals surface area (Å²) >= 11 is 0. The highest BCUT2D eigenvalue weighted by atomic mass is 15.2. The fourth-order valence-electron chi connectivity index (χ4n) is 3.60. The lowest BCUT2D eigenvalue weighted by Gasteiger charge is -2.54. The molecule has 0 aromatic carbocycles. The lowest BCUT2D eigenvalue weighted by molar-refractivity contribution is -0.0496. The quantitative estimate of drug-likeness (QED) is 0.726. The molecule has 0 amide bonds. The van der Waals surface area contributed by atoms with Gasteiger partial charge < -0.3 is 9.80 Å². The second-order valence-corrected chi connectivity index (χ2v) is 7.71. The minimum atomic E-state index is 0.711. The van der Waals surface area contributed by atoms with Crippen LogP contribution in [-0.4, -0.2) is 49.1 Å². The predicted octanol–water partition coefficient (Wildman–Crippen LogP) is 3.48. The SMILES string of the molecule is CCC(C)CN1CCC2(CC1)CN(CCC(C)C)C2. The Morgan fingerprint density at radius 3 is 2.16 bits per heavy atom. The highest BCUT2D eigenvalue weighted by Crippen LogP contribution is 2.40. The van der Waals surface area contributed by atoms with Gasteiger partial charge in [-0.25, -0.2) is 0 Å². The van der Waals surface area contributed by atoms with Gasteiger partial charge in [0.05, 0.1) is 0 Å². The Morgan fingerprint density at radius 2 is 1.63 bits per heavy atom. The first-order valence-corrected chi connectivity index (χ1v) is 8.48. The van der Waals surface area contributed by atoms with Gasteiger partial charge in [-0.15, -0.1) is 0 Å². The van der Waals surface area contributed by atoms with E-state index >= 15 is 0 Å². The Labute approximate surface area is 120 Å². The Kier molecular flexibility index (Phi) is 5.30. The molecule has 2 nitrogen and oxygen atoms in total. The van der Waals surface area contributed by atoms with E-state index in [0.717, 1.165) is 11.8 Å². The zero-order valence-corrected chi connectivity index (χ0v) is 13.6. The van der Waals surface area contributed by atoms with E-state index in [9.17, 15) is 0 Å². The van der Waals surface area contributed by atoms with Crippen molar-refractivity contribution in [2.75, 3.05) is 39.3 Å². The van der Waals surface area contributed by atoms with E-state index in [-0.39, 0.29) is 0 Å². The van der Waals surface area contributed by atoms with E-state index in [1.165, 1.54) is 65.0 Å². The fourth-order valence-corrected chi connectivity index (χ4v) is 3.60. The van der Waals surface area contributed by atoms with Crippen molar-refractivity contribution in [1.82, 2.24) is 9.80 Å². The summed E-state index contributed by atoms with van der Waals surface area (Å²) in [6.45, 7) is 17.5. The van der Waals surface area contributed by atoms with E-state index in [1.807, 2.05) is 0 Å². The van der Waals surface area contributed by atoms with Crippen LogP contribution in [0.1, 0.15) is 53.4 Å². The molecule has 2 heterocycles. The molecule has 2 saturated heterocycles. The van der Waals surface area contributed by atoms with Crippen LogP contribution in [0.4, 0.5) is 0 Å². The largest absolute Gasteiger partial charge is 0.303 e. The Balaban J connectivity index is 1.65. The molecule has 0 aliphatic carbocycles. The third kappa shape index (κ3) is 4.19.